The molecule has 0 saturated carbocycles. The molecule has 2 amide bonds. The number of amides is 2. The van der Waals surface area contributed by atoms with Crippen LogP contribution >= 0.6 is 11.3 Å². The fourth-order valence-corrected chi connectivity index (χ4v) is 3.82. The molecular weight excluding hydrogens is 392 g/mol. The van der Waals surface area contributed by atoms with Crippen LogP contribution < -0.4 is 10.6 Å². The smallest absolute Gasteiger partial charge is 0.338 e. The quantitative estimate of drug-likeness (QED) is 0.707. The van der Waals surface area contributed by atoms with Crippen LogP contribution in [-0.4, -0.2) is 31.2 Å². The minimum atomic E-state index is -0.669. The van der Waals surface area contributed by atoms with E-state index in [9.17, 15) is 14.4 Å². The van der Waals surface area contributed by atoms with E-state index in [2.05, 4.69) is 10.6 Å². The van der Waals surface area contributed by atoms with Gasteiger partial charge in [-0.2, -0.15) is 0 Å². The van der Waals surface area contributed by atoms with Crippen molar-refractivity contribution in [1.29, 1.82) is 0 Å². The zero-order valence-electron chi connectivity index (χ0n) is 16.4. The summed E-state index contributed by atoms with van der Waals surface area (Å²) >= 11 is 1.41. The number of carbonyl (C=O) groups is 3. The predicted octanol–water partition coefficient (Wildman–Crippen LogP) is 3.39. The number of esters is 2. The number of hydrogen-bond donors (Lipinski definition) is 2. The summed E-state index contributed by atoms with van der Waals surface area (Å²) in [5.41, 5.74) is 2.67. The highest BCUT2D eigenvalue weighted by molar-refractivity contribution is 7.10. The van der Waals surface area contributed by atoms with Gasteiger partial charge in [-0.1, -0.05) is 18.2 Å². The molecular formula is C21H22N2O5S. The van der Waals surface area contributed by atoms with Crippen molar-refractivity contribution in [2.45, 2.75) is 26.8 Å². The SMILES string of the molecule is CCOC(=O)C1=C(COC(=O)c2cccc(C)c2C)NC(=O)NC1c1cccs1. The van der Waals surface area contributed by atoms with Gasteiger partial charge in [0.05, 0.1) is 29.5 Å². The summed E-state index contributed by atoms with van der Waals surface area (Å²) in [6.45, 7) is 5.38. The van der Waals surface area contributed by atoms with Crippen LogP contribution in [0.4, 0.5) is 4.79 Å². The fraction of sp³-hybridized carbons (Fsp3) is 0.286. The molecule has 0 fully saturated rings. The van der Waals surface area contributed by atoms with Crippen molar-refractivity contribution in [3.05, 3.63) is 68.5 Å². The van der Waals surface area contributed by atoms with E-state index in [-0.39, 0.29) is 24.5 Å². The largest absolute Gasteiger partial charge is 0.463 e. The maximum Gasteiger partial charge on any atom is 0.338 e. The average molecular weight is 414 g/mol. The molecule has 0 spiro atoms. The van der Waals surface area contributed by atoms with Gasteiger partial charge < -0.3 is 20.1 Å². The van der Waals surface area contributed by atoms with E-state index in [0.717, 1.165) is 16.0 Å². The van der Waals surface area contributed by atoms with E-state index in [1.54, 1.807) is 19.1 Å². The topological polar surface area (TPSA) is 93.7 Å². The Bertz CT molecular complexity index is 965. The molecule has 1 atom stereocenters. The minimum absolute atomic E-state index is 0.184. The minimum Gasteiger partial charge on any atom is -0.463 e. The first-order chi connectivity index (χ1) is 13.9. The third kappa shape index (κ3) is 4.48. The highest BCUT2D eigenvalue weighted by Crippen LogP contribution is 2.30. The first-order valence-corrected chi connectivity index (χ1v) is 10.0. The molecule has 2 heterocycles. The summed E-state index contributed by atoms with van der Waals surface area (Å²) in [4.78, 5) is 38.1. The normalized spacial score (nSPS) is 16.1. The monoisotopic (exact) mass is 414 g/mol. The van der Waals surface area contributed by atoms with Gasteiger partial charge in [0.15, 0.2) is 0 Å². The molecule has 8 heteroatoms. The van der Waals surface area contributed by atoms with Gasteiger partial charge in [-0.15, -0.1) is 11.3 Å². The van der Waals surface area contributed by atoms with Crippen LogP contribution in [-0.2, 0) is 14.3 Å². The molecule has 0 saturated heterocycles. The summed E-state index contributed by atoms with van der Waals surface area (Å²) in [6, 6.07) is 7.87. The number of rotatable bonds is 6. The zero-order valence-corrected chi connectivity index (χ0v) is 17.2. The number of aryl methyl sites for hydroxylation is 1. The third-order valence-corrected chi connectivity index (χ3v) is 5.59. The standard InChI is InChI=1S/C21H22N2O5S/c1-4-27-20(25)17-15(22-21(26)23-18(17)16-9-6-10-29-16)11-28-19(24)14-8-5-7-12(2)13(14)3/h5-10,18H,4,11H2,1-3H3,(H2,22,23,26). The summed E-state index contributed by atoms with van der Waals surface area (Å²) in [5, 5.41) is 7.18. The lowest BCUT2D eigenvalue weighted by molar-refractivity contribution is -0.139. The molecule has 7 nitrogen and oxygen atoms in total. The van der Waals surface area contributed by atoms with Crippen molar-refractivity contribution in [2.24, 2.45) is 0 Å². The van der Waals surface area contributed by atoms with E-state index in [0.29, 0.717) is 5.56 Å². The summed E-state index contributed by atoms with van der Waals surface area (Å²) < 4.78 is 10.6. The summed E-state index contributed by atoms with van der Waals surface area (Å²) in [7, 11) is 0. The second kappa shape index (κ2) is 8.91. The number of carbonyl (C=O) groups excluding carboxylic acids is 3. The van der Waals surface area contributed by atoms with Crippen LogP contribution in [0.3, 0.4) is 0 Å². The fourth-order valence-electron chi connectivity index (χ4n) is 3.04. The number of nitrogens with one attached hydrogen (secondary N) is 2. The Kier molecular flexibility index (Phi) is 6.33. The Labute approximate surface area is 172 Å². The van der Waals surface area contributed by atoms with Crippen molar-refractivity contribution in [3.8, 4) is 0 Å². The first kappa shape index (κ1) is 20.6. The predicted molar refractivity (Wildman–Crippen MR) is 109 cm³/mol. The second-order valence-electron chi connectivity index (χ2n) is 6.48. The van der Waals surface area contributed by atoms with Crippen molar-refractivity contribution >= 4 is 29.3 Å². The molecule has 2 N–H and O–H groups in total. The Balaban J connectivity index is 1.90. The van der Waals surface area contributed by atoms with Crippen molar-refractivity contribution in [2.75, 3.05) is 13.2 Å². The van der Waals surface area contributed by atoms with Crippen LogP contribution in [0.25, 0.3) is 0 Å². The van der Waals surface area contributed by atoms with E-state index >= 15 is 0 Å². The molecule has 0 radical (unpaired) electrons. The first-order valence-electron chi connectivity index (χ1n) is 9.16. The summed E-state index contributed by atoms with van der Waals surface area (Å²) in [6.07, 6.45) is 0. The van der Waals surface area contributed by atoms with Gasteiger partial charge >= 0.3 is 18.0 Å². The lowest BCUT2D eigenvalue weighted by Gasteiger charge is -2.28. The third-order valence-electron chi connectivity index (χ3n) is 4.65. The van der Waals surface area contributed by atoms with Gasteiger partial charge in [-0.3, -0.25) is 0 Å². The zero-order chi connectivity index (χ0) is 21.0. The average Bonchev–Trinajstić information content (AvgIpc) is 3.22. The van der Waals surface area contributed by atoms with Crippen LogP contribution in [0, 0.1) is 13.8 Å². The van der Waals surface area contributed by atoms with E-state index in [4.69, 9.17) is 9.47 Å². The molecule has 1 aliphatic rings. The van der Waals surface area contributed by atoms with Crippen LogP contribution in [0.15, 0.2) is 47.0 Å². The van der Waals surface area contributed by atoms with Crippen molar-refractivity contribution in [1.82, 2.24) is 10.6 Å². The molecule has 2 aromatic rings. The van der Waals surface area contributed by atoms with Gasteiger partial charge in [0.25, 0.3) is 0 Å². The van der Waals surface area contributed by atoms with Crippen molar-refractivity contribution < 1.29 is 23.9 Å². The maximum absolute atomic E-state index is 12.6. The lowest BCUT2D eigenvalue weighted by atomic mass is 10.0. The number of hydrogen-bond acceptors (Lipinski definition) is 6. The Hall–Kier alpha value is -3.13. The van der Waals surface area contributed by atoms with Crippen LogP contribution in [0.1, 0.15) is 39.3 Å². The van der Waals surface area contributed by atoms with Gasteiger partial charge in [-0.05, 0) is 49.4 Å². The highest BCUT2D eigenvalue weighted by Gasteiger charge is 2.34. The summed E-state index contributed by atoms with van der Waals surface area (Å²) in [5.74, 6) is -1.10. The Morgan fingerprint density at radius 2 is 1.90 bits per heavy atom. The van der Waals surface area contributed by atoms with Gasteiger partial charge in [0.1, 0.15) is 6.61 Å². The van der Waals surface area contributed by atoms with E-state index < -0.39 is 24.0 Å². The van der Waals surface area contributed by atoms with Gasteiger partial charge in [0.2, 0.25) is 0 Å². The molecule has 1 aromatic carbocycles. The molecule has 3 rings (SSSR count). The molecule has 1 aliphatic heterocycles. The number of urea groups is 1. The molecule has 0 aliphatic carbocycles. The van der Waals surface area contributed by atoms with Gasteiger partial charge in [-0.25, -0.2) is 14.4 Å². The van der Waals surface area contributed by atoms with Crippen molar-refractivity contribution in [3.63, 3.8) is 0 Å². The molecule has 0 bridgehead atoms. The highest BCUT2D eigenvalue weighted by atomic mass is 32.1. The Morgan fingerprint density at radius 1 is 1.10 bits per heavy atom. The molecule has 152 valence electrons. The number of thiophene rings is 1. The maximum atomic E-state index is 12.6. The van der Waals surface area contributed by atoms with Crippen LogP contribution in [0.2, 0.25) is 0 Å². The number of benzene rings is 1. The molecule has 29 heavy (non-hydrogen) atoms. The Morgan fingerprint density at radius 3 is 2.59 bits per heavy atom. The van der Waals surface area contributed by atoms with Gasteiger partial charge in [0, 0.05) is 4.88 Å². The second-order valence-corrected chi connectivity index (χ2v) is 7.46. The van der Waals surface area contributed by atoms with E-state index in [1.807, 2.05) is 37.4 Å². The van der Waals surface area contributed by atoms with E-state index in [1.165, 1.54) is 11.3 Å². The van der Waals surface area contributed by atoms with Crippen LogP contribution in [0.5, 0.6) is 0 Å². The molecule has 1 unspecified atom stereocenters. The number of ether oxygens (including phenoxy) is 2. The molecule has 1 aromatic heterocycles. The lowest BCUT2D eigenvalue weighted by Crippen LogP contribution is -2.46.